The number of hydrogen-bond acceptors (Lipinski definition) is 5. The van der Waals surface area contributed by atoms with Gasteiger partial charge in [-0.05, 0) is 51.8 Å². The summed E-state index contributed by atoms with van der Waals surface area (Å²) >= 11 is 1.01. The molecule has 3 rings (SSSR count). The number of thioether (sulfide) groups is 1. The Morgan fingerprint density at radius 1 is 1.34 bits per heavy atom. The molecule has 12 heteroatoms. The van der Waals surface area contributed by atoms with Crippen LogP contribution in [0.1, 0.15) is 45.2 Å². The highest BCUT2D eigenvalue weighted by molar-refractivity contribution is 8.14. The zero-order valence-electron chi connectivity index (χ0n) is 20.0. The van der Waals surface area contributed by atoms with Gasteiger partial charge in [-0.25, -0.2) is 18.6 Å². The summed E-state index contributed by atoms with van der Waals surface area (Å²) in [5.41, 5.74) is -1.92. The molecule has 2 aliphatic rings. The highest BCUT2D eigenvalue weighted by Gasteiger charge is 2.54. The molecule has 1 amide bonds. The monoisotopic (exact) mass is 523 g/mol. The highest BCUT2D eigenvalue weighted by atomic mass is 32.2. The third-order valence-corrected chi connectivity index (χ3v) is 7.39. The fourth-order valence-electron chi connectivity index (χ4n) is 4.58. The van der Waals surface area contributed by atoms with Crippen molar-refractivity contribution in [2.24, 2.45) is 10.9 Å². The summed E-state index contributed by atoms with van der Waals surface area (Å²) in [6, 6.07) is 3.93. The minimum atomic E-state index is -4.40. The molecule has 0 unspecified atom stereocenters. The maximum Gasteiger partial charge on any atom is 0.413 e. The number of fused-ring (bicyclic) bond motifs is 1. The highest BCUT2D eigenvalue weighted by Crippen LogP contribution is 2.51. The topological polar surface area (TPSA) is 74.2 Å². The van der Waals surface area contributed by atoms with Gasteiger partial charge in [-0.3, -0.25) is 4.90 Å². The van der Waals surface area contributed by atoms with E-state index in [-0.39, 0.29) is 30.0 Å². The first-order chi connectivity index (χ1) is 16.2. The summed E-state index contributed by atoms with van der Waals surface area (Å²) in [6.45, 7) is 4.51. The first-order valence-corrected chi connectivity index (χ1v) is 12.1. The number of hydrogen-bond donors (Lipinski definition) is 2. The lowest BCUT2D eigenvalue weighted by molar-refractivity contribution is -0.125. The van der Waals surface area contributed by atoms with Gasteiger partial charge in [-0.15, -0.1) is 0 Å². The number of benzene rings is 1. The van der Waals surface area contributed by atoms with Crippen molar-refractivity contribution < 1.29 is 36.6 Å². The maximum absolute atomic E-state index is 15.3. The van der Waals surface area contributed by atoms with Crippen LogP contribution in [0.5, 0.6) is 0 Å². The summed E-state index contributed by atoms with van der Waals surface area (Å²) in [7, 11) is 0. The lowest BCUT2D eigenvalue weighted by Gasteiger charge is -2.50. The van der Waals surface area contributed by atoms with E-state index in [4.69, 9.17) is 9.73 Å². The second kappa shape index (κ2) is 10.2. The van der Waals surface area contributed by atoms with Gasteiger partial charge in [-0.2, -0.15) is 13.2 Å². The van der Waals surface area contributed by atoms with E-state index in [9.17, 15) is 27.5 Å². The van der Waals surface area contributed by atoms with Gasteiger partial charge in [0.2, 0.25) is 0 Å². The van der Waals surface area contributed by atoms with Gasteiger partial charge in [0, 0.05) is 28.8 Å². The average Bonchev–Trinajstić information content (AvgIpc) is 2.72. The second-order valence-electron chi connectivity index (χ2n) is 9.91. The molecule has 0 aliphatic carbocycles. The molecule has 1 aromatic carbocycles. The molecular formula is C23H30F5N3O3S. The predicted octanol–water partition coefficient (Wildman–Crippen LogP) is 5.32. The number of amidine groups is 1. The summed E-state index contributed by atoms with van der Waals surface area (Å²) in [6.07, 6.45) is -5.58. The summed E-state index contributed by atoms with van der Waals surface area (Å²) in [5.74, 6) is -1.19. The molecule has 2 aliphatic heterocycles. The molecule has 0 saturated carbocycles. The van der Waals surface area contributed by atoms with Crippen molar-refractivity contribution in [1.29, 1.82) is 0 Å². The molecule has 2 N–H and O–H groups in total. The number of amides is 1. The maximum atomic E-state index is 15.3. The minimum absolute atomic E-state index is 0.0297. The van der Waals surface area contributed by atoms with E-state index in [1.807, 2.05) is 6.92 Å². The quantitative estimate of drug-likeness (QED) is 0.512. The van der Waals surface area contributed by atoms with Crippen molar-refractivity contribution in [2.45, 2.75) is 69.3 Å². The van der Waals surface area contributed by atoms with Gasteiger partial charge in [-0.1, -0.05) is 17.8 Å². The Morgan fingerprint density at radius 3 is 2.60 bits per heavy atom. The molecule has 35 heavy (non-hydrogen) atoms. The van der Waals surface area contributed by atoms with Crippen molar-refractivity contribution in [3.05, 3.63) is 35.1 Å². The third kappa shape index (κ3) is 6.08. The average molecular weight is 524 g/mol. The molecule has 1 fully saturated rings. The number of carbonyl (C=O) groups is 1. The predicted molar refractivity (Wildman–Crippen MR) is 124 cm³/mol. The van der Waals surface area contributed by atoms with E-state index in [1.165, 1.54) is 12.1 Å². The number of aliphatic imine (C=N–C) groups is 1. The molecule has 6 nitrogen and oxygen atoms in total. The van der Waals surface area contributed by atoms with Crippen molar-refractivity contribution in [3.63, 3.8) is 0 Å². The second-order valence-corrected chi connectivity index (χ2v) is 11.1. The molecule has 0 spiro atoms. The molecule has 4 atom stereocenters. The molecule has 1 aromatic rings. The van der Waals surface area contributed by atoms with Gasteiger partial charge in [0.1, 0.15) is 18.0 Å². The Bertz CT molecular complexity index is 969. The van der Waals surface area contributed by atoms with Crippen LogP contribution in [0.2, 0.25) is 0 Å². The standard InChI is InChI=1S/C23H30F5N3O3S/c1-13-7-16-18(9-24)35-19(31(20(32)33)21(2,3)4)30-22(16,12-34-13)15-8-14(5-6-17(15)25)10-29-11-23(26,27)28/h5-6,8,13,16,18,29H,7,9-12H2,1-4H3,(H,32,33)/t13-,16-,18+,22+/m0/s1. The van der Waals surface area contributed by atoms with Crippen LogP contribution in [0.4, 0.5) is 26.7 Å². The zero-order valence-corrected chi connectivity index (χ0v) is 20.8. The normalized spacial score (nSPS) is 27.2. The van der Waals surface area contributed by atoms with Crippen molar-refractivity contribution in [2.75, 3.05) is 19.8 Å². The Labute approximate surface area is 205 Å². The van der Waals surface area contributed by atoms with Crippen molar-refractivity contribution in [1.82, 2.24) is 10.2 Å². The fraction of sp³-hybridized carbons (Fsp3) is 0.652. The summed E-state index contributed by atoms with van der Waals surface area (Å²) in [4.78, 5) is 17.9. The number of nitrogens with zero attached hydrogens (tertiary/aromatic N) is 2. The Morgan fingerprint density at radius 2 is 2.03 bits per heavy atom. The van der Waals surface area contributed by atoms with Crippen LogP contribution in [0.15, 0.2) is 23.2 Å². The Kier molecular flexibility index (Phi) is 8.07. The van der Waals surface area contributed by atoms with Crippen LogP contribution in [-0.4, -0.2) is 64.2 Å². The smallest absolute Gasteiger partial charge is 0.413 e. The van der Waals surface area contributed by atoms with Crippen molar-refractivity contribution in [3.8, 4) is 0 Å². The van der Waals surface area contributed by atoms with Gasteiger partial charge >= 0.3 is 12.3 Å². The Hall–Kier alpha value is -1.92. The molecular weight excluding hydrogens is 493 g/mol. The van der Waals surface area contributed by atoms with Crippen LogP contribution < -0.4 is 5.32 Å². The number of rotatable bonds is 5. The zero-order chi connectivity index (χ0) is 26.2. The number of ether oxygens (including phenoxy) is 1. The van der Waals surface area contributed by atoms with Gasteiger partial charge in [0.05, 0.1) is 19.3 Å². The van der Waals surface area contributed by atoms with Crippen LogP contribution in [0.25, 0.3) is 0 Å². The number of nitrogens with one attached hydrogen (secondary N) is 1. The van der Waals surface area contributed by atoms with E-state index in [2.05, 4.69) is 5.32 Å². The molecule has 0 bridgehead atoms. The van der Waals surface area contributed by atoms with Crippen molar-refractivity contribution >= 4 is 23.0 Å². The van der Waals surface area contributed by atoms with Crippen LogP contribution in [0, 0.1) is 11.7 Å². The first-order valence-electron chi connectivity index (χ1n) is 11.2. The summed E-state index contributed by atoms with van der Waals surface area (Å²) < 4.78 is 73.2. The van der Waals surface area contributed by atoms with Crippen LogP contribution >= 0.6 is 11.8 Å². The molecule has 196 valence electrons. The van der Waals surface area contributed by atoms with Gasteiger partial charge in [0.25, 0.3) is 0 Å². The van der Waals surface area contributed by atoms with Gasteiger partial charge in [0.15, 0.2) is 5.17 Å². The summed E-state index contributed by atoms with van der Waals surface area (Å²) in [5, 5.41) is 11.5. The van der Waals surface area contributed by atoms with Crippen LogP contribution in [0.3, 0.4) is 0 Å². The van der Waals surface area contributed by atoms with E-state index in [0.717, 1.165) is 22.7 Å². The minimum Gasteiger partial charge on any atom is -0.465 e. The lowest BCUT2D eigenvalue weighted by atomic mass is 9.72. The molecule has 1 saturated heterocycles. The largest absolute Gasteiger partial charge is 0.465 e. The number of alkyl halides is 4. The molecule has 0 radical (unpaired) electrons. The fourth-order valence-corrected chi connectivity index (χ4v) is 6.09. The molecule has 2 heterocycles. The lowest BCUT2D eigenvalue weighted by Crippen LogP contribution is -2.57. The molecule has 0 aromatic heterocycles. The number of carboxylic acid groups (broad SMARTS) is 1. The SMILES string of the molecule is C[C@H]1C[C@H]2[C@@H](CF)SC(N(C(=O)O)C(C)(C)C)=N[C@@]2(c2cc(CNCC(F)(F)F)ccc2F)CO1. The van der Waals surface area contributed by atoms with E-state index in [0.29, 0.717) is 12.0 Å². The van der Waals surface area contributed by atoms with E-state index >= 15 is 4.39 Å². The van der Waals surface area contributed by atoms with Crippen LogP contribution in [-0.2, 0) is 16.8 Å². The first kappa shape index (κ1) is 27.7. The van der Waals surface area contributed by atoms with E-state index in [1.54, 1.807) is 20.8 Å². The third-order valence-electron chi connectivity index (χ3n) is 6.15. The van der Waals surface area contributed by atoms with E-state index < -0.39 is 53.6 Å². The van der Waals surface area contributed by atoms with Gasteiger partial charge < -0.3 is 15.2 Å². The number of halogens is 5. The Balaban J connectivity index is 2.14.